The first kappa shape index (κ1) is 12.7. The van der Waals surface area contributed by atoms with Gasteiger partial charge in [-0.3, -0.25) is 14.9 Å². The number of hydrogen-bond acceptors (Lipinski definition) is 4. The molecule has 0 fully saturated rings. The molecule has 0 aliphatic rings. The molecule has 0 atom stereocenters. The Morgan fingerprint density at radius 2 is 2.25 bits per heavy atom. The van der Waals surface area contributed by atoms with Crippen LogP contribution in [0.2, 0.25) is 5.02 Å². The standard InChI is InChI=1S/C13H11ClN4O2/c14-8-5-16-18(6-8)7-11-12(13(19)17-15)9-3-1-2-4-10(9)20-11/h1-6H,7,15H2,(H,17,19). The number of hydrogen-bond donors (Lipinski definition) is 2. The number of carbonyl (C=O) groups excluding carboxylic acids is 1. The number of rotatable bonds is 3. The molecule has 20 heavy (non-hydrogen) atoms. The smallest absolute Gasteiger partial charge is 0.269 e. The monoisotopic (exact) mass is 290 g/mol. The van der Waals surface area contributed by atoms with Crippen LogP contribution in [-0.2, 0) is 6.54 Å². The average Bonchev–Trinajstić information content (AvgIpc) is 3.01. The highest BCUT2D eigenvalue weighted by atomic mass is 35.5. The molecule has 3 rings (SSSR count). The number of para-hydroxylation sites is 1. The summed E-state index contributed by atoms with van der Waals surface area (Å²) >= 11 is 5.82. The topological polar surface area (TPSA) is 86.1 Å². The van der Waals surface area contributed by atoms with E-state index in [-0.39, 0.29) is 0 Å². The summed E-state index contributed by atoms with van der Waals surface area (Å²) in [5, 5.41) is 5.30. The molecule has 7 heteroatoms. The predicted octanol–water partition coefficient (Wildman–Crippen LogP) is 1.93. The number of halogens is 1. The van der Waals surface area contributed by atoms with Gasteiger partial charge in [0.25, 0.3) is 5.91 Å². The van der Waals surface area contributed by atoms with Crippen LogP contribution in [0.1, 0.15) is 16.1 Å². The lowest BCUT2D eigenvalue weighted by Gasteiger charge is -2.02. The summed E-state index contributed by atoms with van der Waals surface area (Å²) in [5.41, 5.74) is 3.17. The van der Waals surface area contributed by atoms with Gasteiger partial charge in [-0.15, -0.1) is 0 Å². The van der Waals surface area contributed by atoms with Crippen molar-refractivity contribution in [2.24, 2.45) is 5.84 Å². The van der Waals surface area contributed by atoms with Gasteiger partial charge in [-0.25, -0.2) is 5.84 Å². The summed E-state index contributed by atoms with van der Waals surface area (Å²) < 4.78 is 7.31. The average molecular weight is 291 g/mol. The predicted molar refractivity (Wildman–Crippen MR) is 74.2 cm³/mol. The van der Waals surface area contributed by atoms with Gasteiger partial charge in [-0.05, 0) is 6.07 Å². The molecule has 3 N–H and O–H groups in total. The van der Waals surface area contributed by atoms with E-state index in [1.165, 1.54) is 6.20 Å². The number of nitrogens with one attached hydrogen (secondary N) is 1. The number of hydrazine groups is 1. The van der Waals surface area contributed by atoms with Gasteiger partial charge in [0.15, 0.2) is 0 Å². The van der Waals surface area contributed by atoms with Crippen LogP contribution in [0.3, 0.4) is 0 Å². The van der Waals surface area contributed by atoms with Crippen LogP contribution in [0.5, 0.6) is 0 Å². The first-order chi connectivity index (χ1) is 9.69. The molecule has 6 nitrogen and oxygen atoms in total. The summed E-state index contributed by atoms with van der Waals surface area (Å²) in [6, 6.07) is 7.27. The highest BCUT2D eigenvalue weighted by Crippen LogP contribution is 2.26. The van der Waals surface area contributed by atoms with Crippen LogP contribution in [-0.4, -0.2) is 15.7 Å². The highest BCUT2D eigenvalue weighted by Gasteiger charge is 2.20. The van der Waals surface area contributed by atoms with Gasteiger partial charge >= 0.3 is 0 Å². The van der Waals surface area contributed by atoms with Crippen molar-refractivity contribution < 1.29 is 9.21 Å². The molecule has 2 aromatic heterocycles. The number of benzene rings is 1. The Morgan fingerprint density at radius 1 is 1.45 bits per heavy atom. The second-order valence-corrected chi connectivity index (χ2v) is 4.66. The minimum Gasteiger partial charge on any atom is -0.458 e. The van der Waals surface area contributed by atoms with Crippen molar-refractivity contribution >= 4 is 28.5 Å². The highest BCUT2D eigenvalue weighted by molar-refractivity contribution is 6.30. The van der Waals surface area contributed by atoms with Crippen molar-refractivity contribution in [3.05, 3.63) is 53.0 Å². The Hall–Kier alpha value is -2.31. The summed E-state index contributed by atoms with van der Waals surface area (Å²) in [4.78, 5) is 12.0. The van der Waals surface area contributed by atoms with Gasteiger partial charge in [-0.2, -0.15) is 5.10 Å². The lowest BCUT2D eigenvalue weighted by Crippen LogP contribution is -2.30. The second kappa shape index (κ2) is 4.99. The van der Waals surface area contributed by atoms with Crippen LogP contribution in [0, 0.1) is 0 Å². The van der Waals surface area contributed by atoms with Crippen LogP contribution in [0.25, 0.3) is 11.0 Å². The van der Waals surface area contributed by atoms with Gasteiger partial charge in [0, 0.05) is 11.6 Å². The molecule has 0 spiro atoms. The van der Waals surface area contributed by atoms with Crippen LogP contribution in [0.15, 0.2) is 41.1 Å². The molecule has 3 aromatic rings. The maximum atomic E-state index is 12.0. The molecule has 0 saturated heterocycles. The molecule has 0 bridgehead atoms. The molecule has 0 saturated carbocycles. The number of amides is 1. The molecular formula is C13H11ClN4O2. The van der Waals surface area contributed by atoms with E-state index in [1.807, 2.05) is 18.2 Å². The van der Waals surface area contributed by atoms with E-state index in [0.717, 1.165) is 0 Å². The number of aromatic nitrogens is 2. The SMILES string of the molecule is NNC(=O)c1c(Cn2cc(Cl)cn2)oc2ccccc12. The number of fused-ring (bicyclic) bond motifs is 1. The normalized spacial score (nSPS) is 10.9. The van der Waals surface area contributed by atoms with Crippen LogP contribution in [0.4, 0.5) is 0 Å². The van der Waals surface area contributed by atoms with E-state index in [1.54, 1.807) is 16.9 Å². The van der Waals surface area contributed by atoms with Crippen molar-refractivity contribution in [2.45, 2.75) is 6.54 Å². The lowest BCUT2D eigenvalue weighted by atomic mass is 10.1. The first-order valence-corrected chi connectivity index (χ1v) is 6.26. The molecule has 102 valence electrons. The molecule has 1 amide bonds. The molecule has 0 radical (unpaired) electrons. The van der Waals surface area contributed by atoms with Crippen molar-refractivity contribution in [1.82, 2.24) is 15.2 Å². The van der Waals surface area contributed by atoms with Crippen LogP contribution >= 0.6 is 11.6 Å². The Bertz CT molecular complexity index is 778. The molecule has 2 heterocycles. The van der Waals surface area contributed by atoms with Crippen LogP contribution < -0.4 is 11.3 Å². The van der Waals surface area contributed by atoms with E-state index in [0.29, 0.717) is 33.9 Å². The molecule has 0 unspecified atom stereocenters. The maximum absolute atomic E-state index is 12.0. The fraction of sp³-hybridized carbons (Fsp3) is 0.0769. The Labute approximate surface area is 119 Å². The Morgan fingerprint density at radius 3 is 2.95 bits per heavy atom. The number of nitrogen functional groups attached to an aromatic ring is 1. The van der Waals surface area contributed by atoms with Gasteiger partial charge in [0.2, 0.25) is 0 Å². The van der Waals surface area contributed by atoms with E-state index in [2.05, 4.69) is 10.5 Å². The maximum Gasteiger partial charge on any atom is 0.269 e. The van der Waals surface area contributed by atoms with E-state index in [9.17, 15) is 4.79 Å². The quantitative estimate of drug-likeness (QED) is 0.438. The van der Waals surface area contributed by atoms with Gasteiger partial charge < -0.3 is 4.42 Å². The fourth-order valence-corrected chi connectivity index (χ4v) is 2.26. The zero-order chi connectivity index (χ0) is 14.1. The molecular weight excluding hydrogens is 280 g/mol. The summed E-state index contributed by atoms with van der Waals surface area (Å²) in [6.07, 6.45) is 3.17. The number of nitrogens with zero attached hydrogens (tertiary/aromatic N) is 2. The zero-order valence-corrected chi connectivity index (χ0v) is 11.1. The third-order valence-corrected chi connectivity index (χ3v) is 3.13. The number of carbonyl (C=O) groups is 1. The molecule has 1 aromatic carbocycles. The third-order valence-electron chi connectivity index (χ3n) is 2.93. The summed E-state index contributed by atoms with van der Waals surface area (Å²) in [5.74, 6) is 5.32. The van der Waals surface area contributed by atoms with Gasteiger partial charge in [0.1, 0.15) is 11.3 Å². The molecule has 0 aliphatic carbocycles. The van der Waals surface area contributed by atoms with E-state index in [4.69, 9.17) is 21.9 Å². The van der Waals surface area contributed by atoms with Gasteiger partial charge in [-0.1, -0.05) is 29.8 Å². The Balaban J connectivity index is 2.11. The summed E-state index contributed by atoms with van der Waals surface area (Å²) in [6.45, 7) is 0.296. The van der Waals surface area contributed by atoms with Crippen molar-refractivity contribution in [3.8, 4) is 0 Å². The summed E-state index contributed by atoms with van der Waals surface area (Å²) in [7, 11) is 0. The zero-order valence-electron chi connectivity index (χ0n) is 10.3. The van der Waals surface area contributed by atoms with E-state index >= 15 is 0 Å². The van der Waals surface area contributed by atoms with Gasteiger partial charge in [0.05, 0.1) is 23.3 Å². The molecule has 0 aliphatic heterocycles. The van der Waals surface area contributed by atoms with Crippen molar-refractivity contribution in [2.75, 3.05) is 0 Å². The minimum absolute atomic E-state index is 0.296. The number of nitrogens with two attached hydrogens (primary N) is 1. The first-order valence-electron chi connectivity index (χ1n) is 5.88. The van der Waals surface area contributed by atoms with Crippen molar-refractivity contribution in [1.29, 1.82) is 0 Å². The van der Waals surface area contributed by atoms with E-state index < -0.39 is 5.91 Å². The third kappa shape index (κ3) is 2.15. The Kier molecular flexibility index (Phi) is 3.17. The lowest BCUT2D eigenvalue weighted by molar-refractivity contribution is 0.0953. The number of furan rings is 1. The minimum atomic E-state index is -0.400. The largest absolute Gasteiger partial charge is 0.458 e. The fourth-order valence-electron chi connectivity index (χ4n) is 2.10. The second-order valence-electron chi connectivity index (χ2n) is 4.23. The van der Waals surface area contributed by atoms with Crippen molar-refractivity contribution in [3.63, 3.8) is 0 Å².